The van der Waals surface area contributed by atoms with Gasteiger partial charge in [-0.05, 0) is 12.1 Å². The normalized spacial score (nSPS) is 10.5. The minimum absolute atomic E-state index is 0.495. The Morgan fingerprint density at radius 2 is 2.27 bits per heavy atom. The highest BCUT2D eigenvalue weighted by Gasteiger charge is 2.04. The highest BCUT2D eigenvalue weighted by molar-refractivity contribution is 7.98. The van der Waals surface area contributed by atoms with E-state index >= 15 is 0 Å². The van der Waals surface area contributed by atoms with Gasteiger partial charge >= 0.3 is 0 Å². The Morgan fingerprint density at radius 3 is 2.93 bits per heavy atom. The smallest absolute Gasteiger partial charge is 0.276 e. The van der Waals surface area contributed by atoms with E-state index < -0.39 is 0 Å². The summed E-state index contributed by atoms with van der Waals surface area (Å²) in [5.74, 6) is 1.24. The van der Waals surface area contributed by atoms with Crippen LogP contribution in [0.2, 0.25) is 5.15 Å². The Morgan fingerprint density at radius 1 is 1.40 bits per heavy atom. The van der Waals surface area contributed by atoms with Gasteiger partial charge in [0.05, 0.1) is 5.69 Å². The lowest BCUT2D eigenvalue weighted by atomic mass is 10.4. The maximum absolute atomic E-state index is 5.76. The Labute approximate surface area is 96.1 Å². The van der Waals surface area contributed by atoms with Crippen molar-refractivity contribution in [2.24, 2.45) is 0 Å². The Bertz CT molecular complexity index is 460. The summed E-state index contributed by atoms with van der Waals surface area (Å²) in [5, 5.41) is 8.65. The Balaban J connectivity index is 1.99. The minimum atomic E-state index is 0.495. The molecule has 78 valence electrons. The van der Waals surface area contributed by atoms with Crippen LogP contribution in [0.15, 0.2) is 27.8 Å². The van der Waals surface area contributed by atoms with Gasteiger partial charge in [-0.2, -0.15) is 0 Å². The summed E-state index contributed by atoms with van der Waals surface area (Å²) in [7, 11) is 0. The first kappa shape index (κ1) is 10.4. The van der Waals surface area contributed by atoms with Crippen molar-refractivity contribution in [2.75, 3.05) is 0 Å². The molecule has 0 unspecified atom stereocenters. The van der Waals surface area contributed by atoms with Crippen LogP contribution in [0.1, 0.15) is 11.6 Å². The number of rotatable bonds is 3. The van der Waals surface area contributed by atoms with Gasteiger partial charge in [-0.25, -0.2) is 4.98 Å². The number of hydrogen-bond acceptors (Lipinski definition) is 5. The first-order valence-electron chi connectivity index (χ1n) is 4.28. The average molecular weight is 242 g/mol. The number of aromatic nitrogens is 3. The summed E-state index contributed by atoms with van der Waals surface area (Å²) in [6.07, 6.45) is 0. The molecule has 0 N–H and O–H groups in total. The van der Waals surface area contributed by atoms with Crippen LogP contribution in [-0.4, -0.2) is 15.2 Å². The second kappa shape index (κ2) is 4.63. The van der Waals surface area contributed by atoms with Crippen molar-refractivity contribution in [2.45, 2.75) is 17.9 Å². The monoisotopic (exact) mass is 241 g/mol. The van der Waals surface area contributed by atoms with E-state index in [1.54, 1.807) is 13.0 Å². The van der Waals surface area contributed by atoms with Gasteiger partial charge in [0, 0.05) is 12.7 Å². The molecule has 0 spiro atoms. The largest absolute Gasteiger partial charge is 0.416 e. The third-order valence-electron chi connectivity index (χ3n) is 1.62. The fraction of sp³-hybridized carbons (Fsp3) is 0.222. The van der Waals surface area contributed by atoms with Crippen LogP contribution in [0.4, 0.5) is 0 Å². The van der Waals surface area contributed by atoms with E-state index in [4.69, 9.17) is 16.0 Å². The van der Waals surface area contributed by atoms with Gasteiger partial charge in [0.15, 0.2) is 0 Å². The topological polar surface area (TPSA) is 51.8 Å². The van der Waals surface area contributed by atoms with E-state index in [1.807, 2.05) is 12.1 Å². The summed E-state index contributed by atoms with van der Waals surface area (Å²) in [4.78, 5) is 4.15. The molecule has 6 heteroatoms. The molecule has 0 aromatic carbocycles. The highest BCUT2D eigenvalue weighted by Crippen LogP contribution is 2.20. The second-order valence-electron chi connectivity index (χ2n) is 2.83. The molecular weight excluding hydrogens is 234 g/mol. The van der Waals surface area contributed by atoms with Crippen molar-refractivity contribution < 1.29 is 4.42 Å². The highest BCUT2D eigenvalue weighted by atomic mass is 35.5. The van der Waals surface area contributed by atoms with Crippen LogP contribution in [0.25, 0.3) is 0 Å². The average Bonchev–Trinajstić information content (AvgIpc) is 2.62. The van der Waals surface area contributed by atoms with Crippen molar-refractivity contribution >= 4 is 23.4 Å². The van der Waals surface area contributed by atoms with E-state index in [9.17, 15) is 0 Å². The molecule has 0 fully saturated rings. The number of nitrogens with zero attached hydrogens (tertiary/aromatic N) is 3. The maximum Gasteiger partial charge on any atom is 0.276 e. The molecule has 0 saturated carbocycles. The lowest BCUT2D eigenvalue weighted by Gasteiger charge is -1.97. The maximum atomic E-state index is 5.76. The van der Waals surface area contributed by atoms with E-state index in [2.05, 4.69) is 15.2 Å². The SMILES string of the molecule is Cc1nnc(SCc2cccc(Cl)n2)o1. The summed E-state index contributed by atoms with van der Waals surface area (Å²) in [5.41, 5.74) is 0.892. The number of hydrogen-bond donors (Lipinski definition) is 0. The summed E-state index contributed by atoms with van der Waals surface area (Å²) >= 11 is 7.20. The number of thioether (sulfide) groups is 1. The van der Waals surface area contributed by atoms with Gasteiger partial charge in [-0.3, -0.25) is 0 Å². The zero-order valence-corrected chi connectivity index (χ0v) is 9.55. The molecule has 0 radical (unpaired) electrons. The predicted octanol–water partition coefficient (Wildman–Crippen LogP) is 2.72. The molecule has 2 rings (SSSR count). The summed E-state index contributed by atoms with van der Waals surface area (Å²) in [6, 6.07) is 5.51. The van der Waals surface area contributed by atoms with E-state index in [-0.39, 0.29) is 0 Å². The molecule has 0 saturated heterocycles. The summed E-state index contributed by atoms with van der Waals surface area (Å²) < 4.78 is 5.22. The van der Waals surface area contributed by atoms with Gasteiger partial charge < -0.3 is 4.42 Å². The summed E-state index contributed by atoms with van der Waals surface area (Å²) in [6.45, 7) is 1.76. The first-order valence-corrected chi connectivity index (χ1v) is 5.65. The molecule has 0 aliphatic rings. The molecule has 0 aliphatic carbocycles. The Hall–Kier alpha value is -1.07. The lowest BCUT2D eigenvalue weighted by molar-refractivity contribution is 0.429. The molecule has 0 bridgehead atoms. The Kier molecular flexibility index (Phi) is 3.23. The number of pyridine rings is 1. The van der Waals surface area contributed by atoms with E-state index in [0.29, 0.717) is 22.0 Å². The molecule has 0 amide bonds. The molecular formula is C9H8ClN3OS. The molecule has 2 aromatic rings. The van der Waals surface area contributed by atoms with Crippen molar-refractivity contribution in [1.29, 1.82) is 0 Å². The lowest BCUT2D eigenvalue weighted by Crippen LogP contribution is -1.86. The zero-order valence-electron chi connectivity index (χ0n) is 7.98. The molecule has 4 nitrogen and oxygen atoms in total. The van der Waals surface area contributed by atoms with Crippen LogP contribution >= 0.6 is 23.4 Å². The first-order chi connectivity index (χ1) is 7.24. The van der Waals surface area contributed by atoms with Crippen molar-refractivity contribution in [3.63, 3.8) is 0 Å². The predicted molar refractivity (Wildman–Crippen MR) is 57.8 cm³/mol. The van der Waals surface area contributed by atoms with Crippen LogP contribution < -0.4 is 0 Å². The van der Waals surface area contributed by atoms with E-state index in [1.165, 1.54) is 11.8 Å². The quantitative estimate of drug-likeness (QED) is 0.611. The minimum Gasteiger partial charge on any atom is -0.416 e. The standard InChI is InChI=1S/C9H8ClN3OS/c1-6-12-13-9(14-6)15-5-7-3-2-4-8(10)11-7/h2-4H,5H2,1H3. The third kappa shape index (κ3) is 2.94. The second-order valence-corrected chi connectivity index (χ2v) is 4.14. The van der Waals surface area contributed by atoms with Gasteiger partial charge in [-0.15, -0.1) is 10.2 Å². The number of aryl methyl sites for hydroxylation is 1. The van der Waals surface area contributed by atoms with Crippen molar-refractivity contribution in [3.8, 4) is 0 Å². The molecule has 2 aromatic heterocycles. The fourth-order valence-electron chi connectivity index (χ4n) is 1.00. The molecule has 0 atom stereocenters. The van der Waals surface area contributed by atoms with Gasteiger partial charge in [0.1, 0.15) is 5.15 Å². The van der Waals surface area contributed by atoms with Crippen LogP contribution in [0.3, 0.4) is 0 Å². The van der Waals surface area contributed by atoms with Gasteiger partial charge in [0.25, 0.3) is 5.22 Å². The van der Waals surface area contributed by atoms with Crippen LogP contribution in [0.5, 0.6) is 0 Å². The van der Waals surface area contributed by atoms with Gasteiger partial charge in [-0.1, -0.05) is 29.4 Å². The van der Waals surface area contributed by atoms with Crippen molar-refractivity contribution in [1.82, 2.24) is 15.2 Å². The van der Waals surface area contributed by atoms with Crippen LogP contribution in [0, 0.1) is 6.92 Å². The van der Waals surface area contributed by atoms with Crippen molar-refractivity contribution in [3.05, 3.63) is 34.9 Å². The molecule has 0 aliphatic heterocycles. The molecule has 15 heavy (non-hydrogen) atoms. The zero-order chi connectivity index (χ0) is 10.7. The number of halogens is 1. The fourth-order valence-corrected chi connectivity index (χ4v) is 1.89. The van der Waals surface area contributed by atoms with Crippen LogP contribution in [-0.2, 0) is 5.75 Å². The molecule has 2 heterocycles. The van der Waals surface area contributed by atoms with Gasteiger partial charge in [0.2, 0.25) is 5.89 Å². The van der Waals surface area contributed by atoms with E-state index in [0.717, 1.165) is 5.69 Å². The third-order valence-corrected chi connectivity index (χ3v) is 2.69.